The van der Waals surface area contributed by atoms with Gasteiger partial charge in [0.25, 0.3) is 0 Å². The van der Waals surface area contributed by atoms with Crippen molar-refractivity contribution in [2.75, 3.05) is 6.54 Å². The Labute approximate surface area is 116 Å². The molecule has 3 N–H and O–H groups in total. The number of sulfonamides is 1. The molecule has 0 atom stereocenters. The van der Waals surface area contributed by atoms with E-state index in [-0.39, 0.29) is 6.54 Å². The Hall–Kier alpha value is -0.910. The second kappa shape index (κ2) is 6.50. The number of nitrogens with one attached hydrogen (secondary N) is 1. The zero-order valence-electron chi connectivity index (χ0n) is 11.9. The Kier molecular flexibility index (Phi) is 5.52. The van der Waals surface area contributed by atoms with Gasteiger partial charge in [-0.25, -0.2) is 13.1 Å². The number of aryl methyl sites for hydroxylation is 1. The first-order valence-electron chi connectivity index (χ1n) is 6.74. The van der Waals surface area contributed by atoms with Gasteiger partial charge in [0.1, 0.15) is 0 Å². The molecule has 1 rings (SSSR count). The van der Waals surface area contributed by atoms with E-state index in [2.05, 4.69) is 4.72 Å². The fourth-order valence-electron chi connectivity index (χ4n) is 1.75. The lowest BCUT2D eigenvalue weighted by molar-refractivity contribution is 0.392. The van der Waals surface area contributed by atoms with Crippen LogP contribution in [-0.2, 0) is 16.4 Å². The Morgan fingerprint density at radius 2 is 1.84 bits per heavy atom. The summed E-state index contributed by atoms with van der Waals surface area (Å²) >= 11 is 0. The quantitative estimate of drug-likeness (QED) is 0.805. The van der Waals surface area contributed by atoms with Gasteiger partial charge in [-0.05, 0) is 37.0 Å². The molecule has 1 aromatic rings. The van der Waals surface area contributed by atoms with Gasteiger partial charge in [0.2, 0.25) is 10.0 Å². The molecule has 19 heavy (non-hydrogen) atoms. The first-order valence-corrected chi connectivity index (χ1v) is 8.22. The lowest BCUT2D eigenvalue weighted by Crippen LogP contribution is -2.49. The molecule has 0 heterocycles. The molecule has 108 valence electrons. The van der Waals surface area contributed by atoms with Crippen molar-refractivity contribution in [2.24, 2.45) is 5.73 Å². The molecule has 0 radical (unpaired) electrons. The van der Waals surface area contributed by atoms with Crippen molar-refractivity contribution in [1.29, 1.82) is 0 Å². The van der Waals surface area contributed by atoms with Crippen LogP contribution >= 0.6 is 0 Å². The van der Waals surface area contributed by atoms with Gasteiger partial charge >= 0.3 is 0 Å². The highest BCUT2D eigenvalue weighted by atomic mass is 32.2. The molecule has 0 aromatic heterocycles. The van der Waals surface area contributed by atoms with Crippen molar-refractivity contribution in [3.8, 4) is 0 Å². The van der Waals surface area contributed by atoms with Gasteiger partial charge in [0.15, 0.2) is 0 Å². The van der Waals surface area contributed by atoms with Crippen LogP contribution in [0.15, 0.2) is 29.2 Å². The highest BCUT2D eigenvalue weighted by Crippen LogP contribution is 2.14. The zero-order chi connectivity index (χ0) is 14.5. The fourth-order valence-corrected chi connectivity index (χ4v) is 2.96. The van der Waals surface area contributed by atoms with Crippen molar-refractivity contribution in [1.82, 2.24) is 4.72 Å². The molecule has 4 nitrogen and oxygen atoms in total. The van der Waals surface area contributed by atoms with Gasteiger partial charge in [-0.2, -0.15) is 0 Å². The first kappa shape index (κ1) is 16.1. The summed E-state index contributed by atoms with van der Waals surface area (Å²) in [6, 6.07) is 7.00. The van der Waals surface area contributed by atoms with Crippen LogP contribution in [0.2, 0.25) is 0 Å². The van der Waals surface area contributed by atoms with Crippen molar-refractivity contribution in [3.63, 3.8) is 0 Å². The van der Waals surface area contributed by atoms with Gasteiger partial charge in [-0.3, -0.25) is 0 Å². The van der Waals surface area contributed by atoms with E-state index in [0.29, 0.717) is 4.90 Å². The van der Waals surface area contributed by atoms with E-state index >= 15 is 0 Å². The highest BCUT2D eigenvalue weighted by molar-refractivity contribution is 7.89. The van der Waals surface area contributed by atoms with E-state index in [1.54, 1.807) is 18.2 Å². The number of hydrogen-bond acceptors (Lipinski definition) is 3. The number of nitrogens with two attached hydrogens (primary N) is 1. The number of hydrogen-bond donors (Lipinski definition) is 2. The van der Waals surface area contributed by atoms with E-state index in [0.717, 1.165) is 24.8 Å². The third-order valence-corrected chi connectivity index (χ3v) is 5.04. The third-order valence-electron chi connectivity index (χ3n) is 3.64. The maximum atomic E-state index is 12.2. The molecule has 5 heteroatoms. The molecule has 0 bridgehead atoms. The average Bonchev–Trinajstić information content (AvgIpc) is 2.45. The standard InChI is InChI=1S/C14H24N2O2S/c1-4-12-8-7-9-13(10-12)19(17,18)16-11-14(15,5-2)6-3/h7-10,16H,4-6,11,15H2,1-3H3. The maximum absolute atomic E-state index is 12.2. The molecular formula is C14H24N2O2S. The van der Waals surface area contributed by atoms with Gasteiger partial charge < -0.3 is 5.73 Å². The highest BCUT2D eigenvalue weighted by Gasteiger charge is 2.24. The largest absolute Gasteiger partial charge is 0.324 e. The third kappa shape index (κ3) is 4.30. The van der Waals surface area contributed by atoms with E-state index in [4.69, 9.17) is 5.73 Å². The van der Waals surface area contributed by atoms with Gasteiger partial charge in [-0.15, -0.1) is 0 Å². The minimum Gasteiger partial charge on any atom is -0.324 e. The summed E-state index contributed by atoms with van der Waals surface area (Å²) in [5.74, 6) is 0. The Morgan fingerprint density at radius 3 is 2.37 bits per heavy atom. The predicted octanol–water partition coefficient (Wildman–Crippen LogP) is 2.04. The molecule has 0 unspecified atom stereocenters. The monoisotopic (exact) mass is 284 g/mol. The summed E-state index contributed by atoms with van der Waals surface area (Å²) in [4.78, 5) is 0.307. The van der Waals surface area contributed by atoms with Crippen molar-refractivity contribution in [3.05, 3.63) is 29.8 Å². The molecule has 1 aromatic carbocycles. The van der Waals surface area contributed by atoms with Crippen LogP contribution in [0, 0.1) is 0 Å². The van der Waals surface area contributed by atoms with Gasteiger partial charge in [0.05, 0.1) is 4.90 Å². The van der Waals surface area contributed by atoms with Crippen LogP contribution in [-0.4, -0.2) is 20.5 Å². The molecule has 0 fully saturated rings. The summed E-state index contributed by atoms with van der Waals surface area (Å²) < 4.78 is 27.0. The Morgan fingerprint density at radius 1 is 1.21 bits per heavy atom. The van der Waals surface area contributed by atoms with Crippen molar-refractivity contribution in [2.45, 2.75) is 50.5 Å². The van der Waals surface area contributed by atoms with Crippen LogP contribution in [0.1, 0.15) is 39.2 Å². The zero-order valence-corrected chi connectivity index (χ0v) is 12.8. The van der Waals surface area contributed by atoms with Crippen LogP contribution in [0.4, 0.5) is 0 Å². The fraction of sp³-hybridized carbons (Fsp3) is 0.571. The normalized spacial score (nSPS) is 12.6. The molecule has 0 saturated carbocycles. The SMILES string of the molecule is CCc1cccc(S(=O)(=O)NCC(N)(CC)CC)c1. The van der Waals surface area contributed by atoms with Crippen LogP contribution in [0.5, 0.6) is 0 Å². The predicted molar refractivity (Wildman–Crippen MR) is 78.5 cm³/mol. The second-order valence-electron chi connectivity index (χ2n) is 4.89. The Balaban J connectivity index is 2.86. The number of rotatable bonds is 7. The average molecular weight is 284 g/mol. The van der Waals surface area contributed by atoms with Gasteiger partial charge in [0, 0.05) is 12.1 Å². The van der Waals surface area contributed by atoms with E-state index in [1.165, 1.54) is 0 Å². The lowest BCUT2D eigenvalue weighted by Gasteiger charge is -2.26. The van der Waals surface area contributed by atoms with Crippen molar-refractivity contribution < 1.29 is 8.42 Å². The van der Waals surface area contributed by atoms with E-state index < -0.39 is 15.6 Å². The van der Waals surface area contributed by atoms with Crippen LogP contribution in [0.25, 0.3) is 0 Å². The van der Waals surface area contributed by atoms with E-state index in [9.17, 15) is 8.42 Å². The summed E-state index contributed by atoms with van der Waals surface area (Å²) in [5, 5.41) is 0. The minimum atomic E-state index is -3.48. The number of benzene rings is 1. The molecular weight excluding hydrogens is 260 g/mol. The minimum absolute atomic E-state index is 0.263. The Bertz CT molecular complexity index is 508. The summed E-state index contributed by atoms with van der Waals surface area (Å²) in [6.07, 6.45) is 2.29. The smallest absolute Gasteiger partial charge is 0.240 e. The molecule has 0 spiro atoms. The van der Waals surface area contributed by atoms with Crippen LogP contribution < -0.4 is 10.5 Å². The van der Waals surface area contributed by atoms with Gasteiger partial charge in [-0.1, -0.05) is 32.9 Å². The topological polar surface area (TPSA) is 72.2 Å². The first-order chi connectivity index (χ1) is 8.87. The molecule has 0 saturated heterocycles. The summed E-state index contributed by atoms with van der Waals surface area (Å²) in [7, 11) is -3.48. The molecule has 0 aliphatic carbocycles. The van der Waals surface area contributed by atoms with Crippen molar-refractivity contribution >= 4 is 10.0 Å². The summed E-state index contributed by atoms with van der Waals surface area (Å²) in [5.41, 5.74) is 6.64. The van der Waals surface area contributed by atoms with Crippen LogP contribution in [0.3, 0.4) is 0 Å². The molecule has 0 aliphatic heterocycles. The molecule has 0 amide bonds. The molecule has 0 aliphatic rings. The maximum Gasteiger partial charge on any atom is 0.240 e. The summed E-state index contributed by atoms with van der Waals surface area (Å²) in [6.45, 7) is 6.20. The lowest BCUT2D eigenvalue weighted by atomic mass is 9.95. The van der Waals surface area contributed by atoms with E-state index in [1.807, 2.05) is 26.8 Å². The second-order valence-corrected chi connectivity index (χ2v) is 6.66.